The molecule has 0 saturated heterocycles. The second-order valence-corrected chi connectivity index (χ2v) is 4.53. The summed E-state index contributed by atoms with van der Waals surface area (Å²) in [7, 11) is 0. The largest absolute Gasteiger partial charge is 0.475 e. The summed E-state index contributed by atoms with van der Waals surface area (Å²) >= 11 is 1.10. The number of carbonyl (C=O) groups is 3. The summed E-state index contributed by atoms with van der Waals surface area (Å²) in [6.45, 7) is 2.11. The van der Waals surface area contributed by atoms with E-state index >= 15 is 0 Å². The summed E-state index contributed by atoms with van der Waals surface area (Å²) in [5.41, 5.74) is 0. The number of hydrogen-bond donors (Lipinski definition) is 3. The Morgan fingerprint density at radius 1 is 1.26 bits per heavy atom. The molecule has 7 nitrogen and oxygen atoms in total. The van der Waals surface area contributed by atoms with Crippen LogP contribution >= 0.6 is 11.8 Å². The van der Waals surface area contributed by atoms with Gasteiger partial charge in [0.15, 0.2) is 5.09 Å². The quantitative estimate of drug-likeness (QED) is 0.492. The lowest BCUT2D eigenvalue weighted by Crippen LogP contribution is -2.34. The minimum Gasteiger partial charge on any atom is -0.475 e. The van der Waals surface area contributed by atoms with Gasteiger partial charge in [0.05, 0.1) is 5.75 Å². The van der Waals surface area contributed by atoms with Crippen LogP contribution in [0.15, 0.2) is 21.6 Å². The lowest BCUT2D eigenvalue weighted by atomic mass is 10.5. The van der Waals surface area contributed by atoms with Crippen LogP contribution in [0.3, 0.4) is 0 Å². The molecular weight excluding hydrogens is 272 g/mol. The highest BCUT2D eigenvalue weighted by molar-refractivity contribution is 7.99. The van der Waals surface area contributed by atoms with Crippen molar-refractivity contribution in [2.24, 2.45) is 0 Å². The standard InChI is InChI=1S/C11H14N2O5S/c1-7(14)12-4-5-13-9(15)6-19-10-3-2-8(18-10)11(16)17/h2-3H,4-6H2,1H3,(H,12,14)(H,13,15)(H,16,17). The Balaban J connectivity index is 2.22. The molecule has 0 aliphatic heterocycles. The van der Waals surface area contributed by atoms with Gasteiger partial charge < -0.3 is 20.2 Å². The van der Waals surface area contributed by atoms with Gasteiger partial charge in [-0.05, 0) is 12.1 Å². The van der Waals surface area contributed by atoms with Gasteiger partial charge in [-0.2, -0.15) is 0 Å². The summed E-state index contributed by atoms with van der Waals surface area (Å²) in [4.78, 5) is 32.5. The van der Waals surface area contributed by atoms with Crippen LogP contribution in [0.1, 0.15) is 17.5 Å². The summed E-state index contributed by atoms with van der Waals surface area (Å²) in [5, 5.41) is 14.2. The normalized spacial score (nSPS) is 9.95. The topological polar surface area (TPSA) is 109 Å². The second kappa shape index (κ2) is 7.47. The number of aromatic carboxylic acids is 1. The number of nitrogens with one attached hydrogen (secondary N) is 2. The molecule has 0 atom stereocenters. The fraction of sp³-hybridized carbons (Fsp3) is 0.364. The van der Waals surface area contributed by atoms with Crippen molar-refractivity contribution in [3.63, 3.8) is 0 Å². The van der Waals surface area contributed by atoms with Gasteiger partial charge in [-0.3, -0.25) is 9.59 Å². The Kier molecular flexibility index (Phi) is 5.94. The van der Waals surface area contributed by atoms with E-state index in [1.54, 1.807) is 0 Å². The molecule has 0 aliphatic rings. The molecule has 1 rings (SSSR count). The first-order valence-corrected chi connectivity index (χ1v) is 6.44. The van der Waals surface area contributed by atoms with Crippen LogP contribution in [0.25, 0.3) is 0 Å². The number of carboxylic acid groups (broad SMARTS) is 1. The lowest BCUT2D eigenvalue weighted by molar-refractivity contribution is -0.120. The molecule has 1 aromatic heterocycles. The van der Waals surface area contributed by atoms with Gasteiger partial charge in [-0.15, -0.1) is 0 Å². The van der Waals surface area contributed by atoms with Crippen LogP contribution in [-0.2, 0) is 9.59 Å². The van der Waals surface area contributed by atoms with Crippen molar-refractivity contribution >= 4 is 29.5 Å². The second-order valence-electron chi connectivity index (χ2n) is 3.55. The highest BCUT2D eigenvalue weighted by Gasteiger charge is 2.10. The number of furan rings is 1. The van der Waals surface area contributed by atoms with Crippen molar-refractivity contribution in [1.82, 2.24) is 10.6 Å². The zero-order valence-electron chi connectivity index (χ0n) is 10.3. The molecule has 0 bridgehead atoms. The molecule has 1 heterocycles. The van der Waals surface area contributed by atoms with E-state index in [9.17, 15) is 14.4 Å². The highest BCUT2D eigenvalue weighted by Crippen LogP contribution is 2.20. The van der Waals surface area contributed by atoms with Crippen LogP contribution in [0.5, 0.6) is 0 Å². The maximum atomic E-state index is 11.4. The average molecular weight is 286 g/mol. The van der Waals surface area contributed by atoms with E-state index < -0.39 is 5.97 Å². The van der Waals surface area contributed by atoms with Gasteiger partial charge in [0.1, 0.15) is 0 Å². The Morgan fingerprint density at radius 2 is 1.95 bits per heavy atom. The van der Waals surface area contributed by atoms with E-state index in [0.717, 1.165) is 11.8 Å². The Morgan fingerprint density at radius 3 is 2.53 bits per heavy atom. The number of carboxylic acids is 1. The van der Waals surface area contributed by atoms with Gasteiger partial charge in [0, 0.05) is 20.0 Å². The molecule has 0 unspecified atom stereocenters. The van der Waals surface area contributed by atoms with Crippen LogP contribution in [0.2, 0.25) is 0 Å². The number of rotatable bonds is 7. The monoisotopic (exact) mass is 286 g/mol. The third-order valence-corrected chi connectivity index (χ3v) is 2.87. The van der Waals surface area contributed by atoms with E-state index in [1.807, 2.05) is 0 Å². The average Bonchev–Trinajstić information content (AvgIpc) is 2.81. The van der Waals surface area contributed by atoms with Gasteiger partial charge in [0.2, 0.25) is 17.6 Å². The van der Waals surface area contributed by atoms with Crippen LogP contribution in [0.4, 0.5) is 0 Å². The zero-order chi connectivity index (χ0) is 14.3. The fourth-order valence-electron chi connectivity index (χ4n) is 1.14. The molecule has 0 radical (unpaired) electrons. The predicted molar refractivity (Wildman–Crippen MR) is 68.1 cm³/mol. The first-order valence-electron chi connectivity index (χ1n) is 5.46. The Bertz CT molecular complexity index is 471. The molecule has 0 aromatic carbocycles. The predicted octanol–water partition coefficient (Wildman–Crippen LogP) is 0.322. The summed E-state index contributed by atoms with van der Waals surface area (Å²) in [6, 6.07) is 2.83. The van der Waals surface area contributed by atoms with Gasteiger partial charge in [-0.1, -0.05) is 11.8 Å². The Labute approximate surface area is 113 Å². The molecule has 0 fully saturated rings. The van der Waals surface area contributed by atoms with E-state index in [2.05, 4.69) is 10.6 Å². The van der Waals surface area contributed by atoms with E-state index in [-0.39, 0.29) is 23.3 Å². The third kappa shape index (κ3) is 5.96. The van der Waals surface area contributed by atoms with E-state index in [4.69, 9.17) is 9.52 Å². The van der Waals surface area contributed by atoms with Gasteiger partial charge in [-0.25, -0.2) is 4.79 Å². The third-order valence-electron chi connectivity index (χ3n) is 1.96. The number of thioether (sulfide) groups is 1. The highest BCUT2D eigenvalue weighted by atomic mass is 32.2. The lowest BCUT2D eigenvalue weighted by Gasteiger charge is -2.04. The van der Waals surface area contributed by atoms with Crippen molar-refractivity contribution in [2.75, 3.05) is 18.8 Å². The SMILES string of the molecule is CC(=O)NCCNC(=O)CSc1ccc(C(=O)O)o1. The molecule has 104 valence electrons. The number of carbonyl (C=O) groups excluding carboxylic acids is 2. The summed E-state index contributed by atoms with van der Waals surface area (Å²) in [6.07, 6.45) is 0. The molecule has 0 saturated carbocycles. The minimum absolute atomic E-state index is 0.118. The number of hydrogen-bond acceptors (Lipinski definition) is 5. The van der Waals surface area contributed by atoms with Crippen LogP contribution in [0, 0.1) is 0 Å². The number of amides is 2. The van der Waals surface area contributed by atoms with Crippen molar-refractivity contribution in [3.8, 4) is 0 Å². The van der Waals surface area contributed by atoms with Crippen molar-refractivity contribution in [2.45, 2.75) is 12.0 Å². The minimum atomic E-state index is -1.15. The fourth-order valence-corrected chi connectivity index (χ4v) is 1.83. The first kappa shape index (κ1) is 15.1. The molecule has 2 amide bonds. The molecule has 0 aliphatic carbocycles. The van der Waals surface area contributed by atoms with Crippen molar-refractivity contribution in [1.29, 1.82) is 0 Å². The van der Waals surface area contributed by atoms with Crippen molar-refractivity contribution < 1.29 is 23.9 Å². The molecule has 19 heavy (non-hydrogen) atoms. The smallest absolute Gasteiger partial charge is 0.371 e. The van der Waals surface area contributed by atoms with Crippen LogP contribution < -0.4 is 10.6 Å². The molecule has 3 N–H and O–H groups in total. The molecule has 8 heteroatoms. The summed E-state index contributed by atoms with van der Waals surface area (Å²) < 4.78 is 4.98. The van der Waals surface area contributed by atoms with E-state index in [1.165, 1.54) is 19.1 Å². The Hall–Kier alpha value is -1.96. The van der Waals surface area contributed by atoms with Gasteiger partial charge >= 0.3 is 5.97 Å². The maximum absolute atomic E-state index is 11.4. The zero-order valence-corrected chi connectivity index (χ0v) is 11.1. The molecule has 0 spiro atoms. The van der Waals surface area contributed by atoms with E-state index in [0.29, 0.717) is 18.2 Å². The first-order chi connectivity index (χ1) is 8.99. The van der Waals surface area contributed by atoms with Crippen molar-refractivity contribution in [3.05, 3.63) is 17.9 Å². The molecular formula is C11H14N2O5S. The van der Waals surface area contributed by atoms with Crippen LogP contribution in [-0.4, -0.2) is 41.7 Å². The summed E-state index contributed by atoms with van der Waals surface area (Å²) in [5.74, 6) is -1.56. The maximum Gasteiger partial charge on any atom is 0.371 e. The molecule has 1 aromatic rings. The van der Waals surface area contributed by atoms with Gasteiger partial charge in [0.25, 0.3) is 0 Å².